The number of benzene rings is 2. The van der Waals surface area contributed by atoms with Crippen molar-refractivity contribution >= 4 is 5.91 Å². The standard InChI is InChI=1S/C17H14F3NO/c18-17(19,20)15(11-6-2-1-3-7-11)14-10-12-8-4-5-9-13(12)16(22)21-14/h1-9,14-15H,10H2,(H,21,22). The van der Waals surface area contributed by atoms with Crippen LogP contribution in [0.3, 0.4) is 0 Å². The molecule has 0 aliphatic carbocycles. The van der Waals surface area contributed by atoms with Crippen molar-refractivity contribution in [3.05, 3.63) is 71.3 Å². The van der Waals surface area contributed by atoms with Crippen LogP contribution in [0.1, 0.15) is 27.4 Å². The topological polar surface area (TPSA) is 29.1 Å². The Morgan fingerprint density at radius 1 is 1.00 bits per heavy atom. The molecule has 22 heavy (non-hydrogen) atoms. The molecule has 2 aromatic carbocycles. The molecule has 2 nitrogen and oxygen atoms in total. The van der Waals surface area contributed by atoms with Gasteiger partial charge in [0.1, 0.15) is 5.92 Å². The molecule has 1 heterocycles. The average Bonchev–Trinajstić information content (AvgIpc) is 2.47. The Balaban J connectivity index is 1.99. The Hall–Kier alpha value is -2.30. The fourth-order valence-electron chi connectivity index (χ4n) is 2.96. The van der Waals surface area contributed by atoms with E-state index in [2.05, 4.69) is 5.32 Å². The zero-order valence-electron chi connectivity index (χ0n) is 11.6. The number of halogens is 3. The van der Waals surface area contributed by atoms with Gasteiger partial charge in [0.05, 0.1) is 0 Å². The number of nitrogens with one attached hydrogen (secondary N) is 1. The Kier molecular flexibility index (Phi) is 3.64. The first-order chi connectivity index (χ1) is 10.5. The van der Waals surface area contributed by atoms with Crippen LogP contribution in [-0.2, 0) is 6.42 Å². The predicted molar refractivity (Wildman–Crippen MR) is 76.6 cm³/mol. The number of hydrogen-bond acceptors (Lipinski definition) is 1. The summed E-state index contributed by atoms with van der Waals surface area (Å²) in [5, 5.41) is 2.52. The van der Waals surface area contributed by atoms with E-state index in [0.717, 1.165) is 0 Å². The van der Waals surface area contributed by atoms with Crippen molar-refractivity contribution in [2.24, 2.45) is 0 Å². The van der Waals surface area contributed by atoms with Crippen molar-refractivity contribution in [3.63, 3.8) is 0 Å². The molecule has 0 aromatic heterocycles. The highest BCUT2D eigenvalue weighted by Crippen LogP contribution is 2.39. The molecule has 5 heteroatoms. The van der Waals surface area contributed by atoms with Crippen LogP contribution in [-0.4, -0.2) is 18.1 Å². The zero-order valence-corrected chi connectivity index (χ0v) is 11.6. The van der Waals surface area contributed by atoms with E-state index in [4.69, 9.17) is 0 Å². The third kappa shape index (κ3) is 2.71. The molecule has 2 atom stereocenters. The van der Waals surface area contributed by atoms with Gasteiger partial charge in [0, 0.05) is 11.6 Å². The summed E-state index contributed by atoms with van der Waals surface area (Å²) < 4.78 is 40.6. The molecule has 0 saturated carbocycles. The van der Waals surface area contributed by atoms with Crippen molar-refractivity contribution in [1.82, 2.24) is 5.32 Å². The summed E-state index contributed by atoms with van der Waals surface area (Å²) in [4.78, 5) is 12.1. The minimum Gasteiger partial charge on any atom is -0.348 e. The highest BCUT2D eigenvalue weighted by molar-refractivity contribution is 5.97. The SMILES string of the molecule is O=C1NC(C(c2ccccc2)C(F)(F)F)Cc2ccccc21. The maximum absolute atomic E-state index is 13.5. The van der Waals surface area contributed by atoms with Crippen molar-refractivity contribution in [2.75, 3.05) is 0 Å². The lowest BCUT2D eigenvalue weighted by Crippen LogP contribution is -2.49. The summed E-state index contributed by atoms with van der Waals surface area (Å²) in [7, 11) is 0. The van der Waals surface area contributed by atoms with E-state index >= 15 is 0 Å². The van der Waals surface area contributed by atoms with Crippen LogP contribution in [0.5, 0.6) is 0 Å². The summed E-state index contributed by atoms with van der Waals surface area (Å²) in [5.41, 5.74) is 1.27. The second kappa shape index (κ2) is 5.48. The Labute approximate surface area is 126 Å². The number of amides is 1. The van der Waals surface area contributed by atoms with Gasteiger partial charge in [-0.1, -0.05) is 48.5 Å². The molecule has 1 amide bonds. The van der Waals surface area contributed by atoms with Crippen LogP contribution in [0.4, 0.5) is 13.2 Å². The number of rotatable bonds is 2. The van der Waals surface area contributed by atoms with Gasteiger partial charge in [-0.2, -0.15) is 13.2 Å². The molecule has 0 radical (unpaired) electrons. The highest BCUT2D eigenvalue weighted by Gasteiger charge is 2.47. The summed E-state index contributed by atoms with van der Waals surface area (Å²) in [6.07, 6.45) is -4.26. The Bertz CT molecular complexity index is 682. The van der Waals surface area contributed by atoms with Crippen LogP contribution in [0.15, 0.2) is 54.6 Å². The fourth-order valence-corrected chi connectivity index (χ4v) is 2.96. The molecular formula is C17H14F3NO. The normalized spacial score (nSPS) is 19.2. The predicted octanol–water partition coefficient (Wildman–Crippen LogP) is 3.69. The Morgan fingerprint density at radius 2 is 1.64 bits per heavy atom. The molecule has 2 aromatic rings. The first-order valence-corrected chi connectivity index (χ1v) is 6.97. The molecule has 1 aliphatic rings. The molecule has 114 valence electrons. The van der Waals surface area contributed by atoms with Crippen LogP contribution in [0.2, 0.25) is 0 Å². The minimum atomic E-state index is -4.43. The quantitative estimate of drug-likeness (QED) is 0.901. The van der Waals surface area contributed by atoms with Gasteiger partial charge in [-0.25, -0.2) is 0 Å². The number of fused-ring (bicyclic) bond motifs is 1. The minimum absolute atomic E-state index is 0.166. The maximum Gasteiger partial charge on any atom is 0.397 e. The maximum atomic E-state index is 13.5. The van der Waals surface area contributed by atoms with Gasteiger partial charge in [0.15, 0.2) is 0 Å². The Morgan fingerprint density at radius 3 is 2.32 bits per heavy atom. The average molecular weight is 305 g/mol. The van der Waals surface area contributed by atoms with E-state index in [9.17, 15) is 18.0 Å². The first kappa shape index (κ1) is 14.6. The largest absolute Gasteiger partial charge is 0.397 e. The monoisotopic (exact) mass is 305 g/mol. The van der Waals surface area contributed by atoms with E-state index in [1.807, 2.05) is 0 Å². The van der Waals surface area contributed by atoms with Crippen molar-refractivity contribution in [3.8, 4) is 0 Å². The van der Waals surface area contributed by atoms with Crippen molar-refractivity contribution in [2.45, 2.75) is 24.6 Å². The summed E-state index contributed by atoms with van der Waals surface area (Å²) in [6, 6.07) is 13.5. The number of hydrogen-bond donors (Lipinski definition) is 1. The van der Waals surface area contributed by atoms with Gasteiger partial charge >= 0.3 is 6.18 Å². The van der Waals surface area contributed by atoms with Gasteiger partial charge < -0.3 is 5.32 Å². The van der Waals surface area contributed by atoms with E-state index < -0.39 is 24.0 Å². The molecule has 0 saturated heterocycles. The van der Waals surface area contributed by atoms with Gasteiger partial charge in [-0.3, -0.25) is 4.79 Å². The lowest BCUT2D eigenvalue weighted by molar-refractivity contribution is -0.156. The molecule has 3 rings (SSSR count). The molecule has 1 aliphatic heterocycles. The second-order valence-corrected chi connectivity index (χ2v) is 5.37. The smallest absolute Gasteiger partial charge is 0.348 e. The molecule has 0 spiro atoms. The lowest BCUT2D eigenvalue weighted by Gasteiger charge is -2.33. The van der Waals surface area contributed by atoms with E-state index in [1.54, 1.807) is 42.5 Å². The number of carbonyl (C=O) groups is 1. The first-order valence-electron chi connectivity index (χ1n) is 6.97. The molecular weight excluding hydrogens is 291 g/mol. The third-order valence-corrected chi connectivity index (χ3v) is 3.93. The number of carbonyl (C=O) groups excluding carboxylic acids is 1. The molecule has 0 bridgehead atoms. The van der Waals surface area contributed by atoms with Crippen LogP contribution in [0.25, 0.3) is 0 Å². The van der Waals surface area contributed by atoms with E-state index in [-0.39, 0.29) is 12.0 Å². The van der Waals surface area contributed by atoms with Gasteiger partial charge in [0.25, 0.3) is 5.91 Å². The van der Waals surface area contributed by atoms with Gasteiger partial charge in [0.2, 0.25) is 0 Å². The van der Waals surface area contributed by atoms with Crippen LogP contribution < -0.4 is 5.32 Å². The molecule has 2 unspecified atom stereocenters. The van der Waals surface area contributed by atoms with Gasteiger partial charge in [-0.05, 0) is 23.6 Å². The van der Waals surface area contributed by atoms with Crippen molar-refractivity contribution in [1.29, 1.82) is 0 Å². The van der Waals surface area contributed by atoms with Crippen LogP contribution >= 0.6 is 0 Å². The fraction of sp³-hybridized carbons (Fsp3) is 0.235. The summed E-state index contributed by atoms with van der Waals surface area (Å²) in [6.45, 7) is 0. The lowest BCUT2D eigenvalue weighted by atomic mass is 9.83. The van der Waals surface area contributed by atoms with E-state index in [1.165, 1.54) is 12.1 Å². The highest BCUT2D eigenvalue weighted by atomic mass is 19.4. The number of alkyl halides is 3. The summed E-state index contributed by atoms with van der Waals surface area (Å²) in [5.74, 6) is -2.16. The van der Waals surface area contributed by atoms with Crippen LogP contribution in [0, 0.1) is 0 Å². The van der Waals surface area contributed by atoms with Gasteiger partial charge in [-0.15, -0.1) is 0 Å². The molecule has 1 N–H and O–H groups in total. The zero-order chi connectivity index (χ0) is 15.7. The van der Waals surface area contributed by atoms with E-state index in [0.29, 0.717) is 11.1 Å². The third-order valence-electron chi connectivity index (χ3n) is 3.93. The molecule has 0 fully saturated rings. The van der Waals surface area contributed by atoms with Crippen molar-refractivity contribution < 1.29 is 18.0 Å². The summed E-state index contributed by atoms with van der Waals surface area (Å²) >= 11 is 0. The second-order valence-electron chi connectivity index (χ2n) is 5.37.